The molecule has 0 aliphatic rings. The van der Waals surface area contributed by atoms with Crippen molar-refractivity contribution >= 4 is 22.4 Å². The maximum atomic E-state index is 12.7. The zero-order valence-corrected chi connectivity index (χ0v) is 13.2. The third-order valence-corrected chi connectivity index (χ3v) is 4.49. The Kier molecular flexibility index (Phi) is 3.63. The van der Waals surface area contributed by atoms with Gasteiger partial charge < -0.3 is 0 Å². The molecular formula is C15H18N4OS. The van der Waals surface area contributed by atoms with Crippen molar-refractivity contribution in [2.75, 3.05) is 0 Å². The van der Waals surface area contributed by atoms with Gasteiger partial charge >= 0.3 is 0 Å². The van der Waals surface area contributed by atoms with Crippen LogP contribution in [0.2, 0.25) is 0 Å². The summed E-state index contributed by atoms with van der Waals surface area (Å²) >= 11 is 1.68. The summed E-state index contributed by atoms with van der Waals surface area (Å²) in [5, 5.41) is 8.56. The van der Waals surface area contributed by atoms with Crippen LogP contribution in [0.15, 0.2) is 27.9 Å². The number of aryl methyl sites for hydroxylation is 2. The first-order chi connectivity index (χ1) is 10.1. The molecule has 1 unspecified atom stereocenters. The molecule has 0 aliphatic heterocycles. The fourth-order valence-corrected chi connectivity index (χ4v) is 3.32. The van der Waals surface area contributed by atoms with Gasteiger partial charge in [-0.2, -0.15) is 16.4 Å². The third-order valence-electron chi connectivity index (χ3n) is 3.76. The molecule has 6 heteroatoms. The lowest BCUT2D eigenvalue weighted by Crippen LogP contribution is -2.26. The molecule has 0 aromatic carbocycles. The molecule has 0 aliphatic carbocycles. The van der Waals surface area contributed by atoms with Gasteiger partial charge in [0.1, 0.15) is 5.52 Å². The molecule has 0 amide bonds. The van der Waals surface area contributed by atoms with E-state index in [4.69, 9.17) is 0 Å². The van der Waals surface area contributed by atoms with Gasteiger partial charge in [-0.3, -0.25) is 14.0 Å². The van der Waals surface area contributed by atoms with Gasteiger partial charge in [0, 0.05) is 13.1 Å². The minimum atomic E-state index is -0.0163. The first-order valence-corrected chi connectivity index (χ1v) is 8.00. The molecular weight excluding hydrogens is 284 g/mol. The minimum Gasteiger partial charge on any atom is -0.294 e. The van der Waals surface area contributed by atoms with Crippen molar-refractivity contribution in [1.82, 2.24) is 19.3 Å². The summed E-state index contributed by atoms with van der Waals surface area (Å²) in [5.41, 5.74) is 3.42. The SMILES string of the molecule is CCc1nn(C)c2c(=O)n(C(C)Cc3ccsc3)cnc12. The quantitative estimate of drug-likeness (QED) is 0.744. The van der Waals surface area contributed by atoms with E-state index in [1.54, 1.807) is 34.0 Å². The molecule has 21 heavy (non-hydrogen) atoms. The van der Waals surface area contributed by atoms with Gasteiger partial charge in [-0.05, 0) is 42.2 Å². The Bertz CT molecular complexity index is 816. The predicted molar refractivity (Wildman–Crippen MR) is 84.9 cm³/mol. The summed E-state index contributed by atoms with van der Waals surface area (Å²) < 4.78 is 3.36. The molecule has 0 spiro atoms. The molecule has 0 saturated heterocycles. The molecule has 3 aromatic heterocycles. The minimum absolute atomic E-state index is 0.0163. The van der Waals surface area contributed by atoms with Crippen LogP contribution in [0.4, 0.5) is 0 Å². The lowest BCUT2D eigenvalue weighted by Gasteiger charge is -2.14. The number of thiophene rings is 1. The summed E-state index contributed by atoms with van der Waals surface area (Å²) in [6, 6.07) is 2.17. The van der Waals surface area contributed by atoms with Gasteiger partial charge in [-0.1, -0.05) is 6.92 Å². The van der Waals surface area contributed by atoms with E-state index in [2.05, 4.69) is 26.9 Å². The van der Waals surface area contributed by atoms with E-state index >= 15 is 0 Å². The Morgan fingerprint density at radius 2 is 2.24 bits per heavy atom. The van der Waals surface area contributed by atoms with E-state index in [9.17, 15) is 4.79 Å². The highest BCUT2D eigenvalue weighted by atomic mass is 32.1. The van der Waals surface area contributed by atoms with E-state index in [1.165, 1.54) is 5.56 Å². The summed E-state index contributed by atoms with van der Waals surface area (Å²) in [6.45, 7) is 4.07. The molecule has 1 atom stereocenters. The third kappa shape index (κ3) is 2.40. The molecule has 5 nitrogen and oxygen atoms in total. The number of hydrogen-bond acceptors (Lipinski definition) is 4. The summed E-state index contributed by atoms with van der Waals surface area (Å²) in [7, 11) is 1.80. The standard InChI is InChI=1S/C15H18N4OS/c1-4-12-13-14(18(3)17-12)15(20)19(9-16-13)10(2)7-11-5-6-21-8-11/h5-6,8-10H,4,7H2,1-3H3. The van der Waals surface area contributed by atoms with E-state index in [0.29, 0.717) is 5.52 Å². The monoisotopic (exact) mass is 302 g/mol. The Balaban J connectivity index is 2.06. The topological polar surface area (TPSA) is 52.7 Å². The highest BCUT2D eigenvalue weighted by molar-refractivity contribution is 7.07. The maximum absolute atomic E-state index is 12.7. The van der Waals surface area contributed by atoms with E-state index in [-0.39, 0.29) is 11.6 Å². The second kappa shape index (κ2) is 5.44. The molecule has 3 heterocycles. The second-order valence-electron chi connectivity index (χ2n) is 5.26. The molecule has 3 aromatic rings. The average Bonchev–Trinajstić information content (AvgIpc) is 3.07. The highest BCUT2D eigenvalue weighted by Gasteiger charge is 2.16. The van der Waals surface area contributed by atoms with Crippen molar-refractivity contribution in [1.29, 1.82) is 0 Å². The smallest absolute Gasteiger partial charge is 0.279 e. The van der Waals surface area contributed by atoms with Crippen LogP contribution < -0.4 is 5.56 Å². The van der Waals surface area contributed by atoms with Gasteiger partial charge in [-0.25, -0.2) is 4.98 Å². The van der Waals surface area contributed by atoms with Gasteiger partial charge in [0.15, 0.2) is 5.52 Å². The van der Waals surface area contributed by atoms with Crippen molar-refractivity contribution in [3.05, 3.63) is 44.8 Å². The molecule has 110 valence electrons. The van der Waals surface area contributed by atoms with Crippen molar-refractivity contribution in [2.45, 2.75) is 32.7 Å². The Morgan fingerprint density at radius 3 is 2.90 bits per heavy atom. The first-order valence-electron chi connectivity index (χ1n) is 7.05. The van der Waals surface area contributed by atoms with Crippen LogP contribution in [0.5, 0.6) is 0 Å². The predicted octanol–water partition coefficient (Wildman–Crippen LogP) is 2.56. The molecule has 3 rings (SSSR count). The van der Waals surface area contributed by atoms with E-state index in [0.717, 1.165) is 24.1 Å². The van der Waals surface area contributed by atoms with E-state index < -0.39 is 0 Å². The van der Waals surface area contributed by atoms with Crippen molar-refractivity contribution in [3.8, 4) is 0 Å². The Morgan fingerprint density at radius 1 is 1.43 bits per heavy atom. The van der Waals surface area contributed by atoms with Crippen molar-refractivity contribution < 1.29 is 0 Å². The van der Waals surface area contributed by atoms with Gasteiger partial charge in [0.25, 0.3) is 5.56 Å². The molecule has 0 saturated carbocycles. The fourth-order valence-electron chi connectivity index (χ4n) is 2.64. The van der Waals surface area contributed by atoms with Gasteiger partial charge in [-0.15, -0.1) is 0 Å². The second-order valence-corrected chi connectivity index (χ2v) is 6.04. The zero-order chi connectivity index (χ0) is 15.0. The van der Waals surface area contributed by atoms with Crippen molar-refractivity contribution in [2.24, 2.45) is 7.05 Å². The highest BCUT2D eigenvalue weighted by Crippen LogP contribution is 2.17. The Labute approximate surface area is 126 Å². The molecule has 0 radical (unpaired) electrons. The summed E-state index contributed by atoms with van der Waals surface area (Å²) in [4.78, 5) is 17.2. The van der Waals surface area contributed by atoms with Crippen LogP contribution in [0.25, 0.3) is 11.0 Å². The lowest BCUT2D eigenvalue weighted by atomic mass is 10.1. The maximum Gasteiger partial charge on any atom is 0.279 e. The molecule has 0 bridgehead atoms. The zero-order valence-electron chi connectivity index (χ0n) is 12.4. The normalized spacial score (nSPS) is 12.9. The Hall–Kier alpha value is -1.95. The first kappa shape index (κ1) is 14.0. The van der Waals surface area contributed by atoms with Crippen LogP contribution in [-0.2, 0) is 19.9 Å². The molecule has 0 N–H and O–H groups in total. The van der Waals surface area contributed by atoms with Gasteiger partial charge in [0.05, 0.1) is 12.0 Å². The van der Waals surface area contributed by atoms with E-state index in [1.807, 2.05) is 13.8 Å². The summed E-state index contributed by atoms with van der Waals surface area (Å²) in [6.07, 6.45) is 3.26. The number of rotatable bonds is 4. The average molecular weight is 302 g/mol. The summed E-state index contributed by atoms with van der Waals surface area (Å²) in [5.74, 6) is 0. The van der Waals surface area contributed by atoms with Crippen LogP contribution >= 0.6 is 11.3 Å². The van der Waals surface area contributed by atoms with Crippen LogP contribution in [-0.4, -0.2) is 19.3 Å². The lowest BCUT2D eigenvalue weighted by molar-refractivity contribution is 0.522. The number of nitrogens with zero attached hydrogens (tertiary/aromatic N) is 4. The largest absolute Gasteiger partial charge is 0.294 e. The van der Waals surface area contributed by atoms with Crippen molar-refractivity contribution in [3.63, 3.8) is 0 Å². The number of hydrogen-bond donors (Lipinski definition) is 0. The fraction of sp³-hybridized carbons (Fsp3) is 0.400. The molecule has 0 fully saturated rings. The van der Waals surface area contributed by atoms with Crippen LogP contribution in [0.3, 0.4) is 0 Å². The van der Waals surface area contributed by atoms with Crippen LogP contribution in [0.1, 0.15) is 31.1 Å². The number of aromatic nitrogens is 4. The van der Waals surface area contributed by atoms with Gasteiger partial charge in [0.2, 0.25) is 0 Å². The van der Waals surface area contributed by atoms with Crippen LogP contribution in [0, 0.1) is 0 Å². The number of fused-ring (bicyclic) bond motifs is 1.